The average molecular weight is 357 g/mol. The van der Waals surface area contributed by atoms with E-state index in [-0.39, 0.29) is 22.9 Å². The number of nitrogens with zero attached hydrogens (tertiary/aromatic N) is 2. The molecule has 1 atom stereocenters. The first kappa shape index (κ1) is 18.4. The van der Waals surface area contributed by atoms with E-state index in [1.54, 1.807) is 13.8 Å². The zero-order valence-electron chi connectivity index (χ0n) is 13.2. The normalized spacial score (nSPS) is 12.9. The molecule has 0 aliphatic rings. The Balaban J connectivity index is 2.15. The van der Waals surface area contributed by atoms with Gasteiger partial charge in [0.1, 0.15) is 6.04 Å². The van der Waals surface area contributed by atoms with Crippen molar-refractivity contribution in [3.8, 4) is 11.4 Å². The van der Waals surface area contributed by atoms with Gasteiger partial charge in [-0.3, -0.25) is 4.79 Å². The van der Waals surface area contributed by atoms with Crippen molar-refractivity contribution in [3.63, 3.8) is 0 Å². The van der Waals surface area contributed by atoms with Gasteiger partial charge in [-0.15, -0.1) is 0 Å². The molecule has 1 amide bonds. The van der Waals surface area contributed by atoms with E-state index in [1.165, 1.54) is 24.3 Å². The van der Waals surface area contributed by atoms with Crippen LogP contribution in [0.25, 0.3) is 11.4 Å². The van der Waals surface area contributed by atoms with Gasteiger partial charge in [-0.1, -0.05) is 31.1 Å². The Hall–Kier alpha value is -2.91. The Morgan fingerprint density at radius 3 is 2.24 bits per heavy atom. The van der Waals surface area contributed by atoms with E-state index in [1.807, 2.05) is 0 Å². The van der Waals surface area contributed by atoms with Crippen molar-refractivity contribution < 1.29 is 32.4 Å². The maximum atomic E-state index is 12.4. The summed E-state index contributed by atoms with van der Waals surface area (Å²) < 4.78 is 41.5. The number of amides is 1. The number of hydrogen-bond acceptors (Lipinski definition) is 5. The second kappa shape index (κ2) is 6.91. The minimum Gasteiger partial charge on any atom is -0.480 e. The molecule has 0 fully saturated rings. The third-order valence-electron chi connectivity index (χ3n) is 3.29. The number of carbonyl (C=O) groups is 2. The highest BCUT2D eigenvalue weighted by atomic mass is 19.4. The van der Waals surface area contributed by atoms with E-state index in [9.17, 15) is 22.8 Å². The van der Waals surface area contributed by atoms with Gasteiger partial charge in [-0.2, -0.15) is 18.2 Å². The van der Waals surface area contributed by atoms with Crippen LogP contribution in [0, 0.1) is 5.92 Å². The van der Waals surface area contributed by atoms with Crippen LogP contribution in [0.3, 0.4) is 0 Å². The van der Waals surface area contributed by atoms with Gasteiger partial charge in [-0.05, 0) is 18.1 Å². The SMILES string of the molecule is CC(C)C(NC(=O)c1ccc(-c2noc(C(F)(F)F)n2)cc1)C(=O)O. The summed E-state index contributed by atoms with van der Waals surface area (Å²) in [6, 6.07) is 4.27. The van der Waals surface area contributed by atoms with Gasteiger partial charge in [0.15, 0.2) is 0 Å². The molecule has 0 spiro atoms. The molecule has 2 N–H and O–H groups in total. The molecule has 1 heterocycles. The number of aliphatic carboxylic acids is 1. The molecule has 7 nitrogen and oxygen atoms in total. The standard InChI is InChI=1S/C15H14F3N3O4/c1-7(2)10(13(23)24)19-12(22)9-5-3-8(4-6-9)11-20-14(25-21-11)15(16,17)18/h3-7,10H,1-2H3,(H,19,22)(H,23,24). The van der Waals surface area contributed by atoms with Gasteiger partial charge in [-0.25, -0.2) is 4.79 Å². The highest BCUT2D eigenvalue weighted by Crippen LogP contribution is 2.29. The molecule has 134 valence electrons. The molecule has 0 saturated heterocycles. The molecule has 0 radical (unpaired) electrons. The van der Waals surface area contributed by atoms with Gasteiger partial charge in [0.05, 0.1) is 0 Å². The molecular formula is C15H14F3N3O4. The number of alkyl halides is 3. The van der Waals surface area contributed by atoms with E-state index in [2.05, 4.69) is 20.0 Å². The molecule has 1 aromatic heterocycles. The van der Waals surface area contributed by atoms with Crippen molar-refractivity contribution in [1.82, 2.24) is 15.5 Å². The van der Waals surface area contributed by atoms with Crippen LogP contribution < -0.4 is 5.32 Å². The third kappa shape index (κ3) is 4.34. The summed E-state index contributed by atoms with van der Waals surface area (Å²) in [7, 11) is 0. The second-order valence-corrected chi connectivity index (χ2v) is 5.53. The van der Waals surface area contributed by atoms with Crippen molar-refractivity contribution in [2.24, 2.45) is 5.92 Å². The first-order valence-corrected chi connectivity index (χ1v) is 7.14. The number of halogens is 3. The van der Waals surface area contributed by atoms with Gasteiger partial charge in [0.25, 0.3) is 5.91 Å². The molecule has 2 aromatic rings. The maximum Gasteiger partial charge on any atom is 0.471 e. The number of nitrogens with one attached hydrogen (secondary N) is 1. The van der Waals surface area contributed by atoms with Crippen LogP contribution in [0.1, 0.15) is 30.1 Å². The van der Waals surface area contributed by atoms with Gasteiger partial charge < -0.3 is 14.9 Å². The van der Waals surface area contributed by atoms with Crippen molar-refractivity contribution >= 4 is 11.9 Å². The number of benzene rings is 1. The average Bonchev–Trinajstić information content (AvgIpc) is 3.02. The fourth-order valence-electron chi connectivity index (χ4n) is 1.96. The lowest BCUT2D eigenvalue weighted by Gasteiger charge is -2.17. The first-order chi connectivity index (χ1) is 11.6. The Morgan fingerprint density at radius 1 is 1.20 bits per heavy atom. The van der Waals surface area contributed by atoms with E-state index >= 15 is 0 Å². The zero-order chi connectivity index (χ0) is 18.8. The minimum atomic E-state index is -4.74. The molecule has 0 bridgehead atoms. The maximum absolute atomic E-state index is 12.4. The molecule has 1 aromatic carbocycles. The lowest BCUT2D eigenvalue weighted by atomic mass is 10.0. The van der Waals surface area contributed by atoms with Crippen LogP contribution in [0.4, 0.5) is 13.2 Å². The topological polar surface area (TPSA) is 105 Å². The number of aromatic nitrogens is 2. The fraction of sp³-hybridized carbons (Fsp3) is 0.333. The number of carbonyl (C=O) groups excluding carboxylic acids is 1. The Labute approximate surface area is 139 Å². The second-order valence-electron chi connectivity index (χ2n) is 5.53. The minimum absolute atomic E-state index is 0.148. The van der Waals surface area contributed by atoms with Gasteiger partial charge >= 0.3 is 18.0 Å². The number of hydrogen-bond donors (Lipinski definition) is 2. The van der Waals surface area contributed by atoms with E-state index < -0.39 is 30.0 Å². The van der Waals surface area contributed by atoms with E-state index in [4.69, 9.17) is 5.11 Å². The largest absolute Gasteiger partial charge is 0.480 e. The molecular weight excluding hydrogens is 343 g/mol. The van der Waals surface area contributed by atoms with Crippen LogP contribution in [-0.2, 0) is 11.0 Å². The van der Waals surface area contributed by atoms with Gasteiger partial charge in [0, 0.05) is 11.1 Å². The lowest BCUT2D eigenvalue weighted by molar-refractivity contribution is -0.159. The molecule has 1 unspecified atom stereocenters. The van der Waals surface area contributed by atoms with Crippen LogP contribution >= 0.6 is 0 Å². The van der Waals surface area contributed by atoms with Crippen molar-refractivity contribution in [2.45, 2.75) is 26.1 Å². The fourth-order valence-corrected chi connectivity index (χ4v) is 1.96. The molecule has 0 aliphatic carbocycles. The molecule has 0 saturated carbocycles. The molecule has 0 aliphatic heterocycles. The summed E-state index contributed by atoms with van der Waals surface area (Å²) in [6.07, 6.45) is -4.74. The Kier molecular flexibility index (Phi) is 5.10. The summed E-state index contributed by atoms with van der Waals surface area (Å²) in [4.78, 5) is 26.4. The Bertz CT molecular complexity index is 769. The first-order valence-electron chi connectivity index (χ1n) is 7.14. The van der Waals surface area contributed by atoms with Crippen LogP contribution in [-0.4, -0.2) is 33.2 Å². The number of carboxylic acids is 1. The van der Waals surface area contributed by atoms with Crippen LogP contribution in [0.5, 0.6) is 0 Å². The van der Waals surface area contributed by atoms with Crippen molar-refractivity contribution in [2.75, 3.05) is 0 Å². The highest BCUT2D eigenvalue weighted by molar-refractivity contribution is 5.96. The van der Waals surface area contributed by atoms with Crippen molar-refractivity contribution in [1.29, 1.82) is 0 Å². The number of rotatable bonds is 5. The predicted octanol–water partition coefficient (Wildman–Crippen LogP) is 2.59. The lowest BCUT2D eigenvalue weighted by Crippen LogP contribution is -2.44. The third-order valence-corrected chi connectivity index (χ3v) is 3.29. The molecule has 25 heavy (non-hydrogen) atoms. The zero-order valence-corrected chi connectivity index (χ0v) is 13.2. The van der Waals surface area contributed by atoms with Gasteiger partial charge in [0.2, 0.25) is 5.82 Å². The highest BCUT2D eigenvalue weighted by Gasteiger charge is 2.38. The number of carboxylic acid groups (broad SMARTS) is 1. The Morgan fingerprint density at radius 2 is 1.80 bits per heavy atom. The summed E-state index contributed by atoms with van der Waals surface area (Å²) in [6.45, 7) is 3.30. The van der Waals surface area contributed by atoms with E-state index in [0.29, 0.717) is 0 Å². The molecule has 10 heteroatoms. The summed E-state index contributed by atoms with van der Waals surface area (Å²) in [5.74, 6) is -3.83. The predicted molar refractivity (Wildman–Crippen MR) is 78.5 cm³/mol. The van der Waals surface area contributed by atoms with Crippen LogP contribution in [0.2, 0.25) is 0 Å². The van der Waals surface area contributed by atoms with E-state index in [0.717, 1.165) is 0 Å². The molecule has 2 rings (SSSR count). The quantitative estimate of drug-likeness (QED) is 0.852. The van der Waals surface area contributed by atoms with Crippen molar-refractivity contribution in [3.05, 3.63) is 35.7 Å². The smallest absolute Gasteiger partial charge is 0.471 e. The summed E-state index contributed by atoms with van der Waals surface area (Å²) in [5.41, 5.74) is 0.365. The van der Waals surface area contributed by atoms with Crippen LogP contribution in [0.15, 0.2) is 28.8 Å². The summed E-state index contributed by atoms with van der Waals surface area (Å²) >= 11 is 0. The summed E-state index contributed by atoms with van der Waals surface area (Å²) in [5, 5.41) is 14.7. The monoisotopic (exact) mass is 357 g/mol.